The van der Waals surface area contributed by atoms with Gasteiger partial charge in [-0.1, -0.05) is 37.3 Å². The van der Waals surface area contributed by atoms with Crippen molar-refractivity contribution in [2.45, 2.75) is 26.3 Å². The van der Waals surface area contributed by atoms with Crippen LogP contribution in [0, 0.1) is 5.82 Å². The molecule has 2 aromatic rings. The van der Waals surface area contributed by atoms with Crippen molar-refractivity contribution >= 4 is 5.82 Å². The Hall–Kier alpha value is -2.11. The van der Waals surface area contributed by atoms with E-state index in [2.05, 4.69) is 9.97 Å². The third kappa shape index (κ3) is 3.93. The van der Waals surface area contributed by atoms with Crippen molar-refractivity contribution in [2.75, 3.05) is 11.4 Å². The van der Waals surface area contributed by atoms with E-state index in [0.717, 1.165) is 5.56 Å². The van der Waals surface area contributed by atoms with Gasteiger partial charge >= 0.3 is 0 Å². The number of nitrogens with zero attached hydrogens (tertiary/aromatic N) is 3. The Morgan fingerprint density at radius 2 is 1.86 bits per heavy atom. The zero-order chi connectivity index (χ0) is 15.2. The van der Waals surface area contributed by atoms with Crippen LogP contribution in [-0.2, 0) is 13.0 Å². The quantitative estimate of drug-likeness (QED) is 0.817. The second-order valence-corrected chi connectivity index (χ2v) is 4.57. The normalized spacial score (nSPS) is 10.9. The van der Waals surface area contributed by atoms with Crippen molar-refractivity contribution in [1.82, 2.24) is 9.97 Å². The number of aryl methyl sites for hydroxylation is 1. The summed E-state index contributed by atoms with van der Waals surface area (Å²) < 4.78 is 39.8. The number of hydrogen-bond donors (Lipinski definition) is 0. The van der Waals surface area contributed by atoms with Gasteiger partial charge in [-0.05, 0) is 12.0 Å². The minimum absolute atomic E-state index is 0.0778. The van der Waals surface area contributed by atoms with Gasteiger partial charge in [0.05, 0.1) is 12.2 Å². The van der Waals surface area contributed by atoms with Gasteiger partial charge < -0.3 is 4.90 Å². The highest BCUT2D eigenvalue weighted by Gasteiger charge is 2.20. The lowest BCUT2D eigenvalue weighted by Gasteiger charge is -2.24. The summed E-state index contributed by atoms with van der Waals surface area (Å²) in [5.74, 6) is -0.706. The SMILES string of the molecule is CCc1ncnc(N(Cc2ccccc2)CC(F)F)c1F. The first-order valence-corrected chi connectivity index (χ1v) is 6.68. The monoisotopic (exact) mass is 295 g/mol. The molecule has 0 saturated carbocycles. The standard InChI is InChI=1S/C15H16F3N3/c1-2-12-14(18)15(20-10-19-12)21(9-13(16)17)8-11-6-4-3-5-7-11/h3-7,10,13H,2,8-9H2,1H3. The summed E-state index contributed by atoms with van der Waals surface area (Å²) in [7, 11) is 0. The largest absolute Gasteiger partial charge is 0.344 e. The van der Waals surface area contributed by atoms with E-state index in [1.807, 2.05) is 18.2 Å². The molecule has 2 rings (SSSR count). The molecule has 21 heavy (non-hydrogen) atoms. The predicted octanol–water partition coefficient (Wildman–Crippen LogP) is 3.45. The molecular formula is C15H16F3N3. The summed E-state index contributed by atoms with van der Waals surface area (Å²) in [5.41, 5.74) is 1.04. The number of aromatic nitrogens is 2. The number of anilines is 1. The summed E-state index contributed by atoms with van der Waals surface area (Å²) in [6, 6.07) is 9.06. The van der Waals surface area contributed by atoms with Gasteiger partial charge in [-0.2, -0.15) is 0 Å². The fourth-order valence-corrected chi connectivity index (χ4v) is 2.06. The molecule has 0 amide bonds. The fourth-order valence-electron chi connectivity index (χ4n) is 2.06. The summed E-state index contributed by atoms with van der Waals surface area (Å²) >= 11 is 0. The van der Waals surface area contributed by atoms with Crippen LogP contribution in [0.1, 0.15) is 18.2 Å². The molecular weight excluding hydrogens is 279 g/mol. The number of hydrogen-bond acceptors (Lipinski definition) is 3. The molecule has 112 valence electrons. The molecule has 0 aliphatic rings. The Morgan fingerprint density at radius 1 is 1.14 bits per heavy atom. The molecule has 0 N–H and O–H groups in total. The maximum atomic E-state index is 14.3. The summed E-state index contributed by atoms with van der Waals surface area (Å²) in [5, 5.41) is 0. The fraction of sp³-hybridized carbons (Fsp3) is 0.333. The highest BCUT2D eigenvalue weighted by molar-refractivity contribution is 5.42. The Morgan fingerprint density at radius 3 is 2.48 bits per heavy atom. The lowest BCUT2D eigenvalue weighted by molar-refractivity contribution is 0.154. The van der Waals surface area contributed by atoms with Gasteiger partial charge in [-0.15, -0.1) is 0 Å². The lowest BCUT2D eigenvalue weighted by atomic mass is 10.2. The van der Waals surface area contributed by atoms with Crippen LogP contribution in [0.15, 0.2) is 36.7 Å². The Bertz CT molecular complexity index is 576. The van der Waals surface area contributed by atoms with Crippen molar-refractivity contribution in [3.63, 3.8) is 0 Å². The van der Waals surface area contributed by atoms with E-state index in [1.54, 1.807) is 19.1 Å². The minimum Gasteiger partial charge on any atom is -0.344 e. The minimum atomic E-state index is -2.58. The van der Waals surface area contributed by atoms with E-state index in [4.69, 9.17) is 0 Å². The molecule has 0 aliphatic carbocycles. The van der Waals surface area contributed by atoms with Crippen LogP contribution >= 0.6 is 0 Å². The molecule has 0 spiro atoms. The van der Waals surface area contributed by atoms with Crippen molar-refractivity contribution in [1.29, 1.82) is 0 Å². The molecule has 0 atom stereocenters. The second-order valence-electron chi connectivity index (χ2n) is 4.57. The van der Waals surface area contributed by atoms with Gasteiger partial charge in [-0.25, -0.2) is 23.1 Å². The zero-order valence-corrected chi connectivity index (χ0v) is 11.6. The first kappa shape index (κ1) is 15.3. The van der Waals surface area contributed by atoms with E-state index in [0.29, 0.717) is 6.42 Å². The van der Waals surface area contributed by atoms with Crippen LogP contribution in [0.4, 0.5) is 19.0 Å². The topological polar surface area (TPSA) is 29.0 Å². The highest BCUT2D eigenvalue weighted by Crippen LogP contribution is 2.21. The first-order chi connectivity index (χ1) is 10.1. The van der Waals surface area contributed by atoms with Gasteiger partial charge in [0.25, 0.3) is 6.43 Å². The number of alkyl halides is 2. The molecule has 1 heterocycles. The number of halogens is 3. The van der Waals surface area contributed by atoms with Crippen LogP contribution in [0.25, 0.3) is 0 Å². The molecule has 1 aromatic carbocycles. The third-order valence-electron chi connectivity index (χ3n) is 3.05. The van der Waals surface area contributed by atoms with E-state index >= 15 is 0 Å². The summed E-state index contributed by atoms with van der Waals surface area (Å²) in [6.45, 7) is 1.35. The molecule has 3 nitrogen and oxygen atoms in total. The molecule has 0 fully saturated rings. The lowest BCUT2D eigenvalue weighted by Crippen LogP contribution is -2.30. The zero-order valence-electron chi connectivity index (χ0n) is 11.6. The smallest absolute Gasteiger partial charge is 0.255 e. The van der Waals surface area contributed by atoms with E-state index in [1.165, 1.54) is 11.2 Å². The van der Waals surface area contributed by atoms with Crippen LogP contribution in [0.2, 0.25) is 0 Å². The van der Waals surface area contributed by atoms with Gasteiger partial charge in [-0.3, -0.25) is 0 Å². The maximum Gasteiger partial charge on any atom is 0.255 e. The number of rotatable bonds is 6. The van der Waals surface area contributed by atoms with Crippen LogP contribution in [-0.4, -0.2) is 22.9 Å². The molecule has 6 heteroatoms. The van der Waals surface area contributed by atoms with Gasteiger partial charge in [0, 0.05) is 6.54 Å². The summed E-state index contributed by atoms with van der Waals surface area (Å²) in [6.07, 6.45) is -0.983. The summed E-state index contributed by atoms with van der Waals surface area (Å²) in [4.78, 5) is 8.91. The second kappa shape index (κ2) is 7.06. The van der Waals surface area contributed by atoms with Gasteiger partial charge in [0.2, 0.25) is 0 Å². The van der Waals surface area contributed by atoms with Crippen molar-refractivity contribution in [3.05, 3.63) is 53.7 Å². The van der Waals surface area contributed by atoms with E-state index < -0.39 is 18.8 Å². The Labute approximate surface area is 121 Å². The van der Waals surface area contributed by atoms with Crippen LogP contribution < -0.4 is 4.90 Å². The molecule has 0 bridgehead atoms. The molecule has 0 saturated heterocycles. The number of benzene rings is 1. The average Bonchev–Trinajstić information content (AvgIpc) is 2.47. The third-order valence-corrected chi connectivity index (χ3v) is 3.05. The molecule has 0 aliphatic heterocycles. The van der Waals surface area contributed by atoms with E-state index in [-0.39, 0.29) is 18.1 Å². The Kier molecular flexibility index (Phi) is 5.14. The van der Waals surface area contributed by atoms with Crippen molar-refractivity contribution in [2.24, 2.45) is 0 Å². The van der Waals surface area contributed by atoms with Crippen molar-refractivity contribution < 1.29 is 13.2 Å². The van der Waals surface area contributed by atoms with Crippen LogP contribution in [0.3, 0.4) is 0 Å². The highest BCUT2D eigenvalue weighted by atomic mass is 19.3. The van der Waals surface area contributed by atoms with E-state index in [9.17, 15) is 13.2 Å². The van der Waals surface area contributed by atoms with Crippen molar-refractivity contribution in [3.8, 4) is 0 Å². The predicted molar refractivity (Wildman–Crippen MR) is 74.9 cm³/mol. The average molecular weight is 295 g/mol. The first-order valence-electron chi connectivity index (χ1n) is 6.68. The molecule has 1 aromatic heterocycles. The van der Waals surface area contributed by atoms with Gasteiger partial charge in [0.15, 0.2) is 11.6 Å². The maximum absolute atomic E-state index is 14.3. The Balaban J connectivity index is 2.32. The van der Waals surface area contributed by atoms with Gasteiger partial charge in [0.1, 0.15) is 6.33 Å². The van der Waals surface area contributed by atoms with Crippen LogP contribution in [0.5, 0.6) is 0 Å². The molecule has 0 radical (unpaired) electrons. The molecule has 0 unspecified atom stereocenters.